The van der Waals surface area contributed by atoms with E-state index in [0.29, 0.717) is 32.0 Å². The summed E-state index contributed by atoms with van der Waals surface area (Å²) >= 11 is 0. The third-order valence-electron chi connectivity index (χ3n) is 2.55. The number of ether oxygens (including phenoxy) is 1. The van der Waals surface area contributed by atoms with Crippen LogP contribution in [0, 0.1) is 5.82 Å². The highest BCUT2D eigenvalue weighted by atomic mass is 19.1. The smallest absolute Gasteiger partial charge is 0.322 e. The zero-order chi connectivity index (χ0) is 12.3. The fourth-order valence-corrected chi connectivity index (χ4v) is 1.61. The van der Waals surface area contributed by atoms with E-state index in [1.54, 1.807) is 4.90 Å². The van der Waals surface area contributed by atoms with Crippen LogP contribution in [-0.4, -0.2) is 37.2 Å². The number of carbonyl (C=O) groups is 1. The number of rotatable bonds is 1. The summed E-state index contributed by atoms with van der Waals surface area (Å²) in [5.41, 5.74) is 6.24. The molecule has 2 amide bonds. The van der Waals surface area contributed by atoms with E-state index in [1.165, 1.54) is 18.2 Å². The van der Waals surface area contributed by atoms with Gasteiger partial charge in [0.15, 0.2) is 0 Å². The van der Waals surface area contributed by atoms with Gasteiger partial charge in [-0.2, -0.15) is 0 Å². The van der Waals surface area contributed by atoms with E-state index in [1.807, 2.05) is 0 Å². The summed E-state index contributed by atoms with van der Waals surface area (Å²) in [6, 6.07) is 3.63. The molecule has 1 fully saturated rings. The standard InChI is InChI=1S/C11H14FN3O2/c12-8-1-2-10(9(13)7-8)14-11(16)15-3-5-17-6-4-15/h1-2,7H,3-6,13H2,(H,14,16). The van der Waals surface area contributed by atoms with Crippen molar-refractivity contribution in [2.45, 2.75) is 0 Å². The second kappa shape index (κ2) is 5.01. The molecule has 1 aliphatic rings. The molecule has 1 saturated heterocycles. The summed E-state index contributed by atoms with van der Waals surface area (Å²) in [5, 5.41) is 2.65. The lowest BCUT2D eigenvalue weighted by atomic mass is 10.2. The minimum Gasteiger partial charge on any atom is -0.397 e. The lowest BCUT2D eigenvalue weighted by molar-refractivity contribution is 0.0564. The Kier molecular flexibility index (Phi) is 3.43. The van der Waals surface area contributed by atoms with Gasteiger partial charge in [0.05, 0.1) is 24.6 Å². The lowest BCUT2D eigenvalue weighted by Gasteiger charge is -2.27. The minimum absolute atomic E-state index is 0.214. The van der Waals surface area contributed by atoms with E-state index in [0.717, 1.165) is 0 Å². The second-order valence-electron chi connectivity index (χ2n) is 3.76. The van der Waals surface area contributed by atoms with Crippen LogP contribution in [0.15, 0.2) is 18.2 Å². The average molecular weight is 239 g/mol. The maximum atomic E-state index is 12.8. The van der Waals surface area contributed by atoms with E-state index >= 15 is 0 Å². The van der Waals surface area contributed by atoms with Gasteiger partial charge in [-0.15, -0.1) is 0 Å². The molecule has 0 unspecified atom stereocenters. The monoisotopic (exact) mass is 239 g/mol. The maximum Gasteiger partial charge on any atom is 0.322 e. The Labute approximate surface area is 98.3 Å². The zero-order valence-electron chi connectivity index (χ0n) is 9.28. The summed E-state index contributed by atoms with van der Waals surface area (Å²) in [4.78, 5) is 13.4. The molecule has 0 saturated carbocycles. The number of urea groups is 1. The van der Waals surface area contributed by atoms with Gasteiger partial charge in [-0.25, -0.2) is 9.18 Å². The van der Waals surface area contributed by atoms with Gasteiger partial charge in [0.25, 0.3) is 0 Å². The minimum atomic E-state index is -0.424. The largest absolute Gasteiger partial charge is 0.397 e. The van der Waals surface area contributed by atoms with Gasteiger partial charge in [-0.1, -0.05) is 0 Å². The van der Waals surface area contributed by atoms with Gasteiger partial charge in [0.1, 0.15) is 5.82 Å². The van der Waals surface area contributed by atoms with Crippen molar-refractivity contribution in [1.82, 2.24) is 4.90 Å². The number of hydrogen-bond acceptors (Lipinski definition) is 3. The average Bonchev–Trinajstić information content (AvgIpc) is 2.34. The quantitative estimate of drug-likeness (QED) is 0.725. The number of anilines is 2. The van der Waals surface area contributed by atoms with Crippen molar-refractivity contribution in [2.24, 2.45) is 0 Å². The van der Waals surface area contributed by atoms with Crippen molar-refractivity contribution in [3.05, 3.63) is 24.0 Å². The van der Waals surface area contributed by atoms with Crippen molar-refractivity contribution < 1.29 is 13.9 Å². The first kappa shape index (κ1) is 11.7. The Balaban J connectivity index is 2.02. The Hall–Kier alpha value is -1.82. The number of nitrogens with zero attached hydrogens (tertiary/aromatic N) is 1. The Morgan fingerprint density at radius 2 is 2.12 bits per heavy atom. The molecule has 1 heterocycles. The first-order chi connectivity index (χ1) is 8.16. The normalized spacial score (nSPS) is 15.7. The first-order valence-electron chi connectivity index (χ1n) is 5.35. The Morgan fingerprint density at radius 3 is 2.76 bits per heavy atom. The number of nitrogens with two attached hydrogens (primary N) is 1. The molecule has 2 rings (SSSR count). The van der Waals surface area contributed by atoms with Crippen LogP contribution in [-0.2, 0) is 4.74 Å². The van der Waals surface area contributed by atoms with Crippen LogP contribution in [0.5, 0.6) is 0 Å². The molecule has 0 spiro atoms. The topological polar surface area (TPSA) is 67.6 Å². The van der Waals surface area contributed by atoms with Gasteiger partial charge >= 0.3 is 6.03 Å². The third kappa shape index (κ3) is 2.85. The van der Waals surface area contributed by atoms with Crippen LogP contribution in [0.25, 0.3) is 0 Å². The number of hydrogen-bond donors (Lipinski definition) is 2. The van der Waals surface area contributed by atoms with Crippen molar-refractivity contribution in [3.63, 3.8) is 0 Å². The molecule has 1 aliphatic heterocycles. The molecule has 0 atom stereocenters. The van der Waals surface area contributed by atoms with E-state index < -0.39 is 5.82 Å². The predicted octanol–water partition coefficient (Wildman–Crippen LogP) is 1.27. The number of morpholine rings is 1. The zero-order valence-corrected chi connectivity index (χ0v) is 9.28. The van der Waals surface area contributed by atoms with Crippen LogP contribution in [0.4, 0.5) is 20.6 Å². The summed E-state index contributed by atoms with van der Waals surface area (Å²) < 4.78 is 18.0. The molecule has 1 aromatic carbocycles. The summed E-state index contributed by atoms with van der Waals surface area (Å²) in [6.07, 6.45) is 0. The van der Waals surface area contributed by atoms with Crippen LogP contribution in [0.1, 0.15) is 0 Å². The number of amides is 2. The SMILES string of the molecule is Nc1cc(F)ccc1NC(=O)N1CCOCC1. The molecule has 0 radical (unpaired) electrons. The van der Waals surface area contributed by atoms with E-state index in [2.05, 4.69) is 5.32 Å². The highest BCUT2D eigenvalue weighted by Gasteiger charge is 2.17. The van der Waals surface area contributed by atoms with Gasteiger partial charge in [0, 0.05) is 13.1 Å². The van der Waals surface area contributed by atoms with E-state index in [-0.39, 0.29) is 11.7 Å². The first-order valence-corrected chi connectivity index (χ1v) is 5.35. The van der Waals surface area contributed by atoms with Gasteiger partial charge in [0.2, 0.25) is 0 Å². The van der Waals surface area contributed by atoms with Crippen LogP contribution in [0.2, 0.25) is 0 Å². The number of nitrogens with one attached hydrogen (secondary N) is 1. The molecule has 0 bridgehead atoms. The third-order valence-corrected chi connectivity index (χ3v) is 2.55. The molecule has 17 heavy (non-hydrogen) atoms. The molecular formula is C11H14FN3O2. The molecule has 3 N–H and O–H groups in total. The highest BCUT2D eigenvalue weighted by molar-refractivity contribution is 5.92. The van der Waals surface area contributed by atoms with Crippen molar-refractivity contribution in [2.75, 3.05) is 37.4 Å². The fraction of sp³-hybridized carbons (Fsp3) is 0.364. The van der Waals surface area contributed by atoms with Crippen LogP contribution < -0.4 is 11.1 Å². The Bertz CT molecular complexity index is 419. The van der Waals surface area contributed by atoms with Crippen LogP contribution in [0.3, 0.4) is 0 Å². The number of benzene rings is 1. The second-order valence-corrected chi connectivity index (χ2v) is 3.76. The molecular weight excluding hydrogens is 225 g/mol. The van der Waals surface area contributed by atoms with Crippen molar-refractivity contribution in [1.29, 1.82) is 0 Å². The Morgan fingerprint density at radius 1 is 1.41 bits per heavy atom. The summed E-state index contributed by atoms with van der Waals surface area (Å²) in [7, 11) is 0. The van der Waals surface area contributed by atoms with E-state index in [9.17, 15) is 9.18 Å². The number of nitrogen functional groups attached to an aromatic ring is 1. The van der Waals surface area contributed by atoms with Gasteiger partial charge < -0.3 is 20.7 Å². The molecule has 6 heteroatoms. The van der Waals surface area contributed by atoms with E-state index in [4.69, 9.17) is 10.5 Å². The number of carbonyl (C=O) groups excluding carboxylic acids is 1. The van der Waals surface area contributed by atoms with Crippen LogP contribution >= 0.6 is 0 Å². The van der Waals surface area contributed by atoms with Gasteiger partial charge in [-0.05, 0) is 18.2 Å². The molecule has 1 aromatic rings. The molecule has 92 valence electrons. The molecule has 5 nitrogen and oxygen atoms in total. The maximum absolute atomic E-state index is 12.8. The van der Waals surface area contributed by atoms with Crippen molar-refractivity contribution >= 4 is 17.4 Å². The molecule has 0 aliphatic carbocycles. The fourth-order valence-electron chi connectivity index (χ4n) is 1.61. The van der Waals surface area contributed by atoms with Crippen molar-refractivity contribution in [3.8, 4) is 0 Å². The van der Waals surface area contributed by atoms with Gasteiger partial charge in [-0.3, -0.25) is 0 Å². The molecule has 0 aromatic heterocycles. The predicted molar refractivity (Wildman–Crippen MR) is 62.2 cm³/mol. The summed E-state index contributed by atoms with van der Waals surface area (Å²) in [5.74, 6) is -0.424. The highest BCUT2D eigenvalue weighted by Crippen LogP contribution is 2.19. The lowest BCUT2D eigenvalue weighted by Crippen LogP contribution is -2.43. The summed E-state index contributed by atoms with van der Waals surface area (Å²) in [6.45, 7) is 2.17. The number of halogens is 1.